The molecule has 1 aromatic heterocycles. The first-order chi connectivity index (χ1) is 7.66. The number of aryl methyl sites for hydroxylation is 1. The van der Waals surface area contributed by atoms with Crippen molar-refractivity contribution in [1.29, 1.82) is 0 Å². The van der Waals surface area contributed by atoms with Crippen molar-refractivity contribution in [1.82, 2.24) is 20.2 Å². The second-order valence-corrected chi connectivity index (χ2v) is 4.39. The molecule has 1 aromatic rings. The molecule has 1 aliphatic heterocycles. The lowest BCUT2D eigenvalue weighted by Gasteiger charge is -2.30. The Morgan fingerprint density at radius 2 is 2.50 bits per heavy atom. The van der Waals surface area contributed by atoms with Crippen LogP contribution in [0.2, 0.25) is 0 Å². The lowest BCUT2D eigenvalue weighted by atomic mass is 10.00. The first-order valence-corrected chi connectivity index (χ1v) is 5.69. The molecule has 1 aliphatic rings. The second kappa shape index (κ2) is 4.65. The SMILES string of the molecule is CC1NCCCC1NC(=O)c1cn(C)cn1. The van der Waals surface area contributed by atoms with E-state index in [0.29, 0.717) is 11.7 Å². The molecule has 0 saturated carbocycles. The van der Waals surface area contributed by atoms with Gasteiger partial charge in [0.25, 0.3) is 5.91 Å². The molecule has 2 atom stereocenters. The molecule has 2 rings (SSSR count). The highest BCUT2D eigenvalue weighted by Crippen LogP contribution is 2.08. The Morgan fingerprint density at radius 3 is 3.12 bits per heavy atom. The molecule has 0 aromatic carbocycles. The summed E-state index contributed by atoms with van der Waals surface area (Å²) in [5, 5.41) is 6.37. The van der Waals surface area contributed by atoms with Crippen LogP contribution in [0.3, 0.4) is 0 Å². The van der Waals surface area contributed by atoms with Gasteiger partial charge >= 0.3 is 0 Å². The number of aromatic nitrogens is 2. The molecular weight excluding hydrogens is 204 g/mol. The summed E-state index contributed by atoms with van der Waals surface area (Å²) in [6, 6.07) is 0.546. The third-order valence-electron chi connectivity index (χ3n) is 3.02. The summed E-state index contributed by atoms with van der Waals surface area (Å²) in [5.41, 5.74) is 0.486. The summed E-state index contributed by atoms with van der Waals surface area (Å²) in [7, 11) is 1.86. The minimum atomic E-state index is -0.0823. The Balaban J connectivity index is 1.96. The van der Waals surface area contributed by atoms with Crippen LogP contribution in [0.4, 0.5) is 0 Å². The van der Waals surface area contributed by atoms with E-state index in [1.54, 1.807) is 17.1 Å². The fourth-order valence-electron chi connectivity index (χ4n) is 2.01. The molecule has 1 amide bonds. The minimum Gasteiger partial charge on any atom is -0.346 e. The number of nitrogens with zero attached hydrogens (tertiary/aromatic N) is 2. The number of hydrogen-bond acceptors (Lipinski definition) is 3. The molecule has 2 N–H and O–H groups in total. The minimum absolute atomic E-state index is 0.0823. The maximum atomic E-state index is 11.9. The van der Waals surface area contributed by atoms with Crippen molar-refractivity contribution in [2.24, 2.45) is 7.05 Å². The Morgan fingerprint density at radius 1 is 1.69 bits per heavy atom. The van der Waals surface area contributed by atoms with Crippen molar-refractivity contribution in [3.05, 3.63) is 18.2 Å². The molecule has 2 heterocycles. The van der Waals surface area contributed by atoms with Gasteiger partial charge in [0.15, 0.2) is 0 Å². The van der Waals surface area contributed by atoms with Crippen LogP contribution in [-0.4, -0.2) is 34.1 Å². The van der Waals surface area contributed by atoms with Gasteiger partial charge in [-0.15, -0.1) is 0 Å². The third kappa shape index (κ3) is 2.41. The van der Waals surface area contributed by atoms with Gasteiger partial charge in [0, 0.05) is 25.3 Å². The van der Waals surface area contributed by atoms with Crippen LogP contribution in [0.15, 0.2) is 12.5 Å². The molecule has 0 bridgehead atoms. The molecule has 88 valence electrons. The number of carbonyl (C=O) groups is 1. The topological polar surface area (TPSA) is 58.9 Å². The van der Waals surface area contributed by atoms with E-state index >= 15 is 0 Å². The largest absolute Gasteiger partial charge is 0.346 e. The third-order valence-corrected chi connectivity index (χ3v) is 3.02. The van der Waals surface area contributed by atoms with Crippen molar-refractivity contribution in [2.45, 2.75) is 31.8 Å². The summed E-state index contributed by atoms with van der Waals surface area (Å²) in [4.78, 5) is 15.9. The number of piperidine rings is 1. The van der Waals surface area contributed by atoms with Gasteiger partial charge in [-0.25, -0.2) is 4.98 Å². The van der Waals surface area contributed by atoms with Crippen LogP contribution in [0.25, 0.3) is 0 Å². The summed E-state index contributed by atoms with van der Waals surface area (Å²) in [6.07, 6.45) is 5.51. The zero-order valence-corrected chi connectivity index (χ0v) is 9.73. The lowest BCUT2D eigenvalue weighted by Crippen LogP contribution is -2.51. The van der Waals surface area contributed by atoms with Gasteiger partial charge in [0.05, 0.1) is 6.33 Å². The summed E-state index contributed by atoms with van der Waals surface area (Å²) < 4.78 is 1.78. The Kier molecular flexibility index (Phi) is 3.24. The lowest BCUT2D eigenvalue weighted by molar-refractivity contribution is 0.0915. The summed E-state index contributed by atoms with van der Waals surface area (Å²) >= 11 is 0. The summed E-state index contributed by atoms with van der Waals surface area (Å²) in [6.45, 7) is 3.14. The highest BCUT2D eigenvalue weighted by molar-refractivity contribution is 5.92. The van der Waals surface area contributed by atoms with Crippen LogP contribution in [0, 0.1) is 0 Å². The molecule has 5 nitrogen and oxygen atoms in total. The number of amides is 1. The number of nitrogens with one attached hydrogen (secondary N) is 2. The quantitative estimate of drug-likeness (QED) is 0.756. The Labute approximate surface area is 95.2 Å². The molecule has 5 heteroatoms. The molecule has 0 radical (unpaired) electrons. The monoisotopic (exact) mass is 222 g/mol. The smallest absolute Gasteiger partial charge is 0.271 e. The van der Waals surface area contributed by atoms with E-state index in [1.165, 1.54) is 0 Å². The number of imidazole rings is 1. The zero-order chi connectivity index (χ0) is 11.5. The average Bonchev–Trinajstić information content (AvgIpc) is 2.68. The van der Waals surface area contributed by atoms with E-state index in [-0.39, 0.29) is 11.9 Å². The highest BCUT2D eigenvalue weighted by atomic mass is 16.2. The van der Waals surface area contributed by atoms with E-state index < -0.39 is 0 Å². The van der Waals surface area contributed by atoms with Crippen molar-refractivity contribution in [3.8, 4) is 0 Å². The summed E-state index contributed by atoms with van der Waals surface area (Å²) in [5.74, 6) is -0.0823. The Hall–Kier alpha value is -1.36. The van der Waals surface area contributed by atoms with Crippen LogP contribution < -0.4 is 10.6 Å². The van der Waals surface area contributed by atoms with Gasteiger partial charge in [-0.05, 0) is 26.3 Å². The maximum Gasteiger partial charge on any atom is 0.271 e. The van der Waals surface area contributed by atoms with E-state index in [2.05, 4.69) is 22.5 Å². The number of carbonyl (C=O) groups excluding carboxylic acids is 1. The predicted octanol–water partition coefficient (Wildman–Crippen LogP) is 0.290. The van der Waals surface area contributed by atoms with E-state index in [9.17, 15) is 4.79 Å². The van der Waals surface area contributed by atoms with E-state index in [1.807, 2.05) is 7.05 Å². The molecular formula is C11H18N4O. The normalized spacial score (nSPS) is 25.4. The molecule has 16 heavy (non-hydrogen) atoms. The van der Waals surface area contributed by atoms with E-state index in [4.69, 9.17) is 0 Å². The van der Waals surface area contributed by atoms with Crippen LogP contribution in [0.5, 0.6) is 0 Å². The predicted molar refractivity (Wildman–Crippen MR) is 61.2 cm³/mol. The van der Waals surface area contributed by atoms with Gasteiger partial charge < -0.3 is 15.2 Å². The molecule has 1 fully saturated rings. The van der Waals surface area contributed by atoms with Gasteiger partial charge in [0.1, 0.15) is 5.69 Å². The highest BCUT2D eigenvalue weighted by Gasteiger charge is 2.23. The van der Waals surface area contributed by atoms with Crippen LogP contribution in [0.1, 0.15) is 30.3 Å². The molecule has 1 saturated heterocycles. The number of rotatable bonds is 2. The van der Waals surface area contributed by atoms with Crippen molar-refractivity contribution in [3.63, 3.8) is 0 Å². The van der Waals surface area contributed by atoms with Gasteiger partial charge in [-0.2, -0.15) is 0 Å². The first-order valence-electron chi connectivity index (χ1n) is 5.69. The van der Waals surface area contributed by atoms with Crippen molar-refractivity contribution in [2.75, 3.05) is 6.54 Å². The molecule has 0 spiro atoms. The maximum absolute atomic E-state index is 11.9. The van der Waals surface area contributed by atoms with Gasteiger partial charge in [-0.3, -0.25) is 4.79 Å². The van der Waals surface area contributed by atoms with Crippen molar-refractivity contribution >= 4 is 5.91 Å². The van der Waals surface area contributed by atoms with Crippen LogP contribution in [-0.2, 0) is 7.05 Å². The zero-order valence-electron chi connectivity index (χ0n) is 9.73. The van der Waals surface area contributed by atoms with Gasteiger partial charge in [0.2, 0.25) is 0 Å². The second-order valence-electron chi connectivity index (χ2n) is 4.39. The van der Waals surface area contributed by atoms with E-state index in [0.717, 1.165) is 19.4 Å². The molecule has 0 aliphatic carbocycles. The Bertz CT molecular complexity index is 374. The standard InChI is InChI=1S/C11H18N4O/c1-8-9(4-3-5-12-8)14-11(16)10-6-15(2)7-13-10/h6-9,12H,3-5H2,1-2H3,(H,14,16). The average molecular weight is 222 g/mol. The number of hydrogen-bond donors (Lipinski definition) is 2. The van der Waals surface area contributed by atoms with Crippen molar-refractivity contribution < 1.29 is 4.79 Å². The first kappa shape index (κ1) is 11.1. The molecule has 2 unspecified atom stereocenters. The fourth-order valence-corrected chi connectivity index (χ4v) is 2.01. The van der Waals surface area contributed by atoms with Gasteiger partial charge in [-0.1, -0.05) is 0 Å². The fraction of sp³-hybridized carbons (Fsp3) is 0.636. The van der Waals surface area contributed by atoms with Crippen LogP contribution >= 0.6 is 0 Å².